The predicted octanol–water partition coefficient (Wildman–Crippen LogP) is 2.57. The summed E-state index contributed by atoms with van der Waals surface area (Å²) in [6.07, 6.45) is 7.23. The van der Waals surface area contributed by atoms with Crippen molar-refractivity contribution in [2.24, 2.45) is 0 Å². The second-order valence-electron chi connectivity index (χ2n) is 4.82. The molecule has 2 aromatic heterocycles. The van der Waals surface area contributed by atoms with Crippen LogP contribution >= 0.6 is 11.8 Å². The Kier molecular flexibility index (Phi) is 4.44. The minimum atomic E-state index is -1.06. The van der Waals surface area contributed by atoms with Crippen molar-refractivity contribution in [1.29, 1.82) is 0 Å². The second-order valence-corrected chi connectivity index (χ2v) is 5.74. The Hall–Kier alpha value is -2.92. The van der Waals surface area contributed by atoms with Crippen LogP contribution in [0.15, 0.2) is 28.0 Å². The zero-order valence-electron chi connectivity index (χ0n) is 12.7. The second kappa shape index (κ2) is 6.68. The summed E-state index contributed by atoms with van der Waals surface area (Å²) in [6, 6.07) is 3.39. The van der Waals surface area contributed by atoms with Crippen molar-refractivity contribution in [3.05, 3.63) is 35.3 Å². The van der Waals surface area contributed by atoms with E-state index < -0.39 is 5.97 Å². The number of aromatic carboxylic acids is 1. The van der Waals surface area contributed by atoms with E-state index in [1.54, 1.807) is 18.3 Å². The van der Waals surface area contributed by atoms with Gasteiger partial charge in [-0.05, 0) is 17.7 Å². The number of carboxylic acids is 1. The minimum Gasteiger partial charge on any atom is -0.496 e. The van der Waals surface area contributed by atoms with Crippen LogP contribution in [0.4, 0.5) is 0 Å². The van der Waals surface area contributed by atoms with Crippen LogP contribution in [0, 0.1) is 12.3 Å². The van der Waals surface area contributed by atoms with Crippen molar-refractivity contribution in [3.63, 3.8) is 0 Å². The number of aromatic nitrogens is 3. The number of aromatic amines is 1. The van der Waals surface area contributed by atoms with E-state index in [0.29, 0.717) is 39.9 Å². The number of carbonyl (C=O) groups is 1. The molecule has 2 heterocycles. The Morgan fingerprint density at radius 2 is 2.33 bits per heavy atom. The third kappa shape index (κ3) is 2.94. The summed E-state index contributed by atoms with van der Waals surface area (Å²) in [4.78, 5) is 14.7. The van der Waals surface area contributed by atoms with Gasteiger partial charge in [0.25, 0.3) is 5.22 Å². The van der Waals surface area contributed by atoms with Gasteiger partial charge in [0.15, 0.2) is 0 Å². The molecule has 0 aliphatic rings. The van der Waals surface area contributed by atoms with E-state index in [0.717, 1.165) is 5.56 Å². The fourth-order valence-electron chi connectivity index (χ4n) is 2.43. The van der Waals surface area contributed by atoms with Gasteiger partial charge < -0.3 is 19.2 Å². The molecule has 0 fully saturated rings. The highest BCUT2D eigenvalue weighted by molar-refractivity contribution is 7.99. The Morgan fingerprint density at radius 3 is 3.04 bits per heavy atom. The molecule has 3 rings (SSSR count). The maximum Gasteiger partial charge on any atom is 0.340 e. The lowest BCUT2D eigenvalue weighted by molar-refractivity contribution is 0.0695. The Bertz CT molecular complexity index is 939. The van der Waals surface area contributed by atoms with Crippen LogP contribution in [0.3, 0.4) is 0 Å². The zero-order valence-corrected chi connectivity index (χ0v) is 13.5. The fraction of sp³-hybridized carbons (Fsp3) is 0.188. The first-order valence-electron chi connectivity index (χ1n) is 6.93. The molecular formula is C16H13N3O4S. The highest BCUT2D eigenvalue weighted by atomic mass is 32.2. The van der Waals surface area contributed by atoms with Crippen LogP contribution in [-0.4, -0.2) is 39.1 Å². The number of nitrogens with zero attached hydrogens (tertiary/aromatic N) is 2. The molecule has 0 aliphatic carbocycles. The minimum absolute atomic E-state index is 0.104. The van der Waals surface area contributed by atoms with Gasteiger partial charge in [-0.1, -0.05) is 17.7 Å². The highest BCUT2D eigenvalue weighted by Gasteiger charge is 2.20. The van der Waals surface area contributed by atoms with E-state index in [2.05, 4.69) is 21.1 Å². The first-order chi connectivity index (χ1) is 11.6. The molecule has 7 nitrogen and oxygen atoms in total. The third-order valence-electron chi connectivity index (χ3n) is 3.39. The topological polar surface area (TPSA) is 101 Å². The molecule has 0 atom stereocenters. The van der Waals surface area contributed by atoms with E-state index >= 15 is 0 Å². The van der Waals surface area contributed by atoms with Gasteiger partial charge in [-0.25, -0.2) is 4.79 Å². The van der Waals surface area contributed by atoms with Crippen molar-refractivity contribution >= 4 is 28.6 Å². The van der Waals surface area contributed by atoms with Crippen LogP contribution in [0.2, 0.25) is 0 Å². The number of rotatable bonds is 6. The summed E-state index contributed by atoms with van der Waals surface area (Å²) in [7, 11) is 1.44. The summed E-state index contributed by atoms with van der Waals surface area (Å²) in [6.45, 7) is 0. The van der Waals surface area contributed by atoms with Gasteiger partial charge in [-0.15, -0.1) is 16.6 Å². The van der Waals surface area contributed by atoms with E-state index in [-0.39, 0.29) is 5.56 Å². The molecule has 8 heteroatoms. The third-order valence-corrected chi connectivity index (χ3v) is 4.12. The molecule has 3 aromatic rings. The lowest BCUT2D eigenvalue weighted by atomic mass is 10.0. The number of terminal acetylenes is 1. The van der Waals surface area contributed by atoms with Crippen molar-refractivity contribution < 1.29 is 19.1 Å². The molecule has 0 amide bonds. The van der Waals surface area contributed by atoms with Crippen molar-refractivity contribution in [3.8, 4) is 18.1 Å². The Balaban J connectivity index is 1.99. The molecule has 2 N–H and O–H groups in total. The number of hydrogen-bond acceptors (Lipinski definition) is 6. The van der Waals surface area contributed by atoms with E-state index in [1.165, 1.54) is 18.9 Å². The largest absolute Gasteiger partial charge is 0.496 e. The number of carboxylic acid groups (broad SMARTS) is 1. The van der Waals surface area contributed by atoms with Crippen LogP contribution in [0.1, 0.15) is 21.8 Å². The monoisotopic (exact) mass is 343 g/mol. The van der Waals surface area contributed by atoms with Crippen LogP contribution < -0.4 is 4.74 Å². The molecule has 0 aliphatic heterocycles. The summed E-state index contributed by atoms with van der Waals surface area (Å²) in [5.41, 5.74) is 1.54. The molecular weight excluding hydrogens is 330 g/mol. The quantitative estimate of drug-likeness (QED) is 0.524. The van der Waals surface area contributed by atoms with Gasteiger partial charge >= 0.3 is 5.97 Å². The van der Waals surface area contributed by atoms with Crippen molar-refractivity contribution in [1.82, 2.24) is 15.2 Å². The van der Waals surface area contributed by atoms with Gasteiger partial charge in [-0.2, -0.15) is 0 Å². The smallest absolute Gasteiger partial charge is 0.340 e. The predicted molar refractivity (Wildman–Crippen MR) is 88.5 cm³/mol. The summed E-state index contributed by atoms with van der Waals surface area (Å²) in [5.74, 6) is 2.54. The SMILES string of the molecule is C#CCSc1nnc(Cc2c[nH]c3ccc(OC)c(C(=O)O)c23)o1. The average molecular weight is 343 g/mol. The van der Waals surface area contributed by atoms with E-state index in [4.69, 9.17) is 15.6 Å². The Labute approximate surface area is 141 Å². The van der Waals surface area contributed by atoms with Crippen LogP contribution in [0.5, 0.6) is 5.75 Å². The number of hydrogen-bond donors (Lipinski definition) is 2. The number of methoxy groups -OCH3 is 1. The summed E-state index contributed by atoms with van der Waals surface area (Å²) < 4.78 is 10.7. The molecule has 0 bridgehead atoms. The lowest BCUT2D eigenvalue weighted by Gasteiger charge is -2.07. The summed E-state index contributed by atoms with van der Waals surface area (Å²) in [5, 5.41) is 18.4. The molecule has 0 saturated carbocycles. The van der Waals surface area contributed by atoms with Crippen molar-refractivity contribution in [2.75, 3.05) is 12.9 Å². The number of thioether (sulfide) groups is 1. The average Bonchev–Trinajstić information content (AvgIpc) is 3.19. The molecule has 0 radical (unpaired) electrons. The van der Waals surface area contributed by atoms with Gasteiger partial charge in [0.2, 0.25) is 5.89 Å². The van der Waals surface area contributed by atoms with Crippen molar-refractivity contribution in [2.45, 2.75) is 11.6 Å². The number of fused-ring (bicyclic) bond motifs is 1. The fourth-order valence-corrected chi connectivity index (χ4v) is 2.89. The van der Waals surface area contributed by atoms with Gasteiger partial charge in [-0.3, -0.25) is 0 Å². The highest BCUT2D eigenvalue weighted by Crippen LogP contribution is 2.31. The molecule has 0 spiro atoms. The van der Waals surface area contributed by atoms with Crippen LogP contribution in [0.25, 0.3) is 10.9 Å². The number of benzene rings is 1. The number of ether oxygens (including phenoxy) is 1. The summed E-state index contributed by atoms with van der Waals surface area (Å²) >= 11 is 1.27. The number of nitrogens with one attached hydrogen (secondary N) is 1. The maximum absolute atomic E-state index is 11.7. The maximum atomic E-state index is 11.7. The normalized spacial score (nSPS) is 10.7. The molecule has 0 saturated heterocycles. The molecule has 0 unspecified atom stereocenters. The molecule has 1 aromatic carbocycles. The van der Waals surface area contributed by atoms with E-state index in [9.17, 15) is 9.90 Å². The van der Waals surface area contributed by atoms with Crippen LogP contribution in [-0.2, 0) is 6.42 Å². The number of H-pyrrole nitrogens is 1. The van der Waals surface area contributed by atoms with Gasteiger partial charge in [0.1, 0.15) is 11.3 Å². The van der Waals surface area contributed by atoms with Gasteiger partial charge in [0.05, 0.1) is 19.3 Å². The first kappa shape index (κ1) is 16.0. The zero-order chi connectivity index (χ0) is 17.1. The lowest BCUT2D eigenvalue weighted by Crippen LogP contribution is -2.02. The molecule has 122 valence electrons. The molecule has 24 heavy (non-hydrogen) atoms. The van der Waals surface area contributed by atoms with E-state index in [1.807, 2.05) is 0 Å². The van der Waals surface area contributed by atoms with Gasteiger partial charge in [0, 0.05) is 17.1 Å². The first-order valence-corrected chi connectivity index (χ1v) is 7.91. The standard InChI is InChI=1S/C16H13N3O4S/c1-3-6-24-16-19-18-12(23-16)7-9-8-17-10-4-5-11(22-2)14(13(9)10)15(20)21/h1,4-5,8,17H,6-7H2,2H3,(H,20,21). The Morgan fingerprint density at radius 1 is 1.50 bits per heavy atom.